The van der Waals surface area contributed by atoms with E-state index in [1.807, 2.05) is 36.4 Å². The van der Waals surface area contributed by atoms with Crippen molar-refractivity contribution < 1.29 is 9.59 Å². The topological polar surface area (TPSA) is 70.6 Å². The number of unbranched alkanes of at least 4 members (excludes halogenated alkanes) is 8. The standard InChI is InChI=1S/C23H35N3O2/c1-2-3-4-5-6-7-8-9-13-18-22(27)24-20-23(28)26-25-19-14-17-21-15-11-10-12-16-21/h10-12,14-17,19H,2-9,13,18,20H2,1H3,(H,24,27)(H,26,28). The number of allylic oxidation sites excluding steroid dienone is 1. The summed E-state index contributed by atoms with van der Waals surface area (Å²) < 4.78 is 0. The van der Waals surface area contributed by atoms with E-state index in [9.17, 15) is 9.59 Å². The maximum Gasteiger partial charge on any atom is 0.259 e. The van der Waals surface area contributed by atoms with E-state index in [2.05, 4.69) is 22.8 Å². The van der Waals surface area contributed by atoms with Crippen molar-refractivity contribution in [3.8, 4) is 0 Å². The van der Waals surface area contributed by atoms with Gasteiger partial charge in [0.1, 0.15) is 0 Å². The van der Waals surface area contributed by atoms with Crippen LogP contribution in [0, 0.1) is 0 Å². The highest BCUT2D eigenvalue weighted by atomic mass is 16.2. The van der Waals surface area contributed by atoms with Crippen LogP contribution in [-0.2, 0) is 9.59 Å². The lowest BCUT2D eigenvalue weighted by atomic mass is 10.1. The minimum Gasteiger partial charge on any atom is -0.347 e. The molecule has 0 spiro atoms. The van der Waals surface area contributed by atoms with Gasteiger partial charge in [-0.25, -0.2) is 5.43 Å². The number of rotatable bonds is 15. The third-order valence-corrected chi connectivity index (χ3v) is 4.39. The first-order valence-electron chi connectivity index (χ1n) is 10.5. The number of carbonyl (C=O) groups excluding carboxylic acids is 2. The van der Waals surface area contributed by atoms with Crippen molar-refractivity contribution in [2.75, 3.05) is 6.54 Å². The first kappa shape index (κ1) is 23.6. The first-order valence-corrected chi connectivity index (χ1v) is 10.5. The van der Waals surface area contributed by atoms with E-state index < -0.39 is 0 Å². The van der Waals surface area contributed by atoms with Crippen molar-refractivity contribution >= 4 is 24.1 Å². The number of hydrazone groups is 1. The Morgan fingerprint density at radius 3 is 2.21 bits per heavy atom. The quantitative estimate of drug-likeness (QED) is 0.258. The number of nitrogens with one attached hydrogen (secondary N) is 2. The summed E-state index contributed by atoms with van der Waals surface area (Å²) in [6.07, 6.45) is 16.6. The van der Waals surface area contributed by atoms with Gasteiger partial charge in [0.05, 0.1) is 6.54 Å². The van der Waals surface area contributed by atoms with Gasteiger partial charge in [0.15, 0.2) is 0 Å². The fourth-order valence-corrected chi connectivity index (χ4v) is 2.77. The molecule has 0 heterocycles. The normalized spacial score (nSPS) is 11.2. The van der Waals surface area contributed by atoms with E-state index in [4.69, 9.17) is 0 Å². The molecular formula is C23H35N3O2. The molecule has 0 aliphatic heterocycles. The van der Waals surface area contributed by atoms with E-state index in [1.54, 1.807) is 6.08 Å². The first-order chi connectivity index (χ1) is 13.7. The molecule has 0 atom stereocenters. The summed E-state index contributed by atoms with van der Waals surface area (Å²) in [5.41, 5.74) is 3.45. The Morgan fingerprint density at radius 1 is 0.893 bits per heavy atom. The molecule has 0 saturated carbocycles. The maximum absolute atomic E-state index is 11.7. The number of amides is 2. The third-order valence-electron chi connectivity index (χ3n) is 4.39. The average molecular weight is 386 g/mol. The Kier molecular flexibility index (Phi) is 14.1. The van der Waals surface area contributed by atoms with Gasteiger partial charge < -0.3 is 5.32 Å². The zero-order chi connectivity index (χ0) is 20.3. The number of hydrogen-bond donors (Lipinski definition) is 2. The molecule has 1 aromatic carbocycles. The second-order valence-electron chi connectivity index (χ2n) is 6.94. The van der Waals surface area contributed by atoms with E-state index in [0.29, 0.717) is 6.42 Å². The zero-order valence-corrected chi connectivity index (χ0v) is 17.2. The largest absolute Gasteiger partial charge is 0.347 e. The Hall–Kier alpha value is -2.43. The minimum absolute atomic E-state index is 0.0456. The predicted molar refractivity (Wildman–Crippen MR) is 117 cm³/mol. The highest BCUT2D eigenvalue weighted by Gasteiger charge is 2.04. The van der Waals surface area contributed by atoms with Gasteiger partial charge in [0, 0.05) is 12.6 Å². The molecule has 2 amide bonds. The molecule has 0 bridgehead atoms. The highest BCUT2D eigenvalue weighted by molar-refractivity contribution is 5.85. The summed E-state index contributed by atoms with van der Waals surface area (Å²) >= 11 is 0. The van der Waals surface area contributed by atoms with Crippen molar-refractivity contribution in [2.24, 2.45) is 5.10 Å². The van der Waals surface area contributed by atoms with E-state index in [-0.39, 0.29) is 18.4 Å². The fraction of sp³-hybridized carbons (Fsp3) is 0.522. The Labute approximate surface area is 169 Å². The van der Waals surface area contributed by atoms with Crippen LogP contribution in [0.25, 0.3) is 6.08 Å². The molecule has 0 aliphatic rings. The second kappa shape index (κ2) is 16.7. The number of hydrogen-bond acceptors (Lipinski definition) is 3. The monoisotopic (exact) mass is 385 g/mol. The van der Waals surface area contributed by atoms with E-state index in [0.717, 1.165) is 18.4 Å². The molecule has 0 saturated heterocycles. The smallest absolute Gasteiger partial charge is 0.259 e. The van der Waals surface area contributed by atoms with Gasteiger partial charge in [-0.05, 0) is 18.1 Å². The van der Waals surface area contributed by atoms with Crippen molar-refractivity contribution in [1.29, 1.82) is 0 Å². The number of nitrogens with zero attached hydrogens (tertiary/aromatic N) is 1. The molecule has 1 aromatic rings. The van der Waals surface area contributed by atoms with Crippen LogP contribution in [0.4, 0.5) is 0 Å². The van der Waals surface area contributed by atoms with Gasteiger partial charge in [-0.3, -0.25) is 9.59 Å². The molecule has 0 aliphatic carbocycles. The van der Waals surface area contributed by atoms with Crippen LogP contribution in [0.5, 0.6) is 0 Å². The number of benzene rings is 1. The average Bonchev–Trinajstić information content (AvgIpc) is 2.71. The highest BCUT2D eigenvalue weighted by Crippen LogP contribution is 2.10. The van der Waals surface area contributed by atoms with Crippen LogP contribution in [-0.4, -0.2) is 24.6 Å². The third kappa shape index (κ3) is 13.7. The Balaban J connectivity index is 1.98. The summed E-state index contributed by atoms with van der Waals surface area (Å²) in [6, 6.07) is 9.82. The van der Waals surface area contributed by atoms with Crippen LogP contribution in [0.1, 0.15) is 76.7 Å². The van der Waals surface area contributed by atoms with Crippen molar-refractivity contribution in [3.05, 3.63) is 42.0 Å². The lowest BCUT2D eigenvalue weighted by Gasteiger charge is -2.04. The van der Waals surface area contributed by atoms with Gasteiger partial charge in [-0.2, -0.15) is 5.10 Å². The molecule has 5 heteroatoms. The minimum atomic E-state index is -0.329. The van der Waals surface area contributed by atoms with E-state index in [1.165, 1.54) is 51.2 Å². The molecule has 0 radical (unpaired) electrons. The second-order valence-corrected chi connectivity index (χ2v) is 6.94. The fourth-order valence-electron chi connectivity index (χ4n) is 2.77. The van der Waals surface area contributed by atoms with Crippen LogP contribution in [0.15, 0.2) is 41.5 Å². The van der Waals surface area contributed by atoms with Crippen molar-refractivity contribution in [2.45, 2.75) is 71.1 Å². The van der Waals surface area contributed by atoms with Crippen molar-refractivity contribution in [3.63, 3.8) is 0 Å². The molecule has 2 N–H and O–H groups in total. The summed E-state index contributed by atoms with van der Waals surface area (Å²) in [4.78, 5) is 23.4. The van der Waals surface area contributed by atoms with Gasteiger partial charge in [-0.1, -0.05) is 94.7 Å². The zero-order valence-electron chi connectivity index (χ0n) is 17.2. The molecule has 1 rings (SSSR count). The summed E-state index contributed by atoms with van der Waals surface area (Å²) in [5.74, 6) is -0.407. The van der Waals surface area contributed by atoms with Gasteiger partial charge >= 0.3 is 0 Å². The van der Waals surface area contributed by atoms with Crippen LogP contribution >= 0.6 is 0 Å². The molecule has 0 fully saturated rings. The summed E-state index contributed by atoms with van der Waals surface area (Å²) in [7, 11) is 0. The summed E-state index contributed by atoms with van der Waals surface area (Å²) in [6.45, 7) is 2.18. The lowest BCUT2D eigenvalue weighted by molar-refractivity contribution is -0.126. The van der Waals surface area contributed by atoms with Crippen LogP contribution < -0.4 is 10.7 Å². The summed E-state index contributed by atoms with van der Waals surface area (Å²) in [5, 5.41) is 6.46. The van der Waals surface area contributed by atoms with E-state index >= 15 is 0 Å². The van der Waals surface area contributed by atoms with Crippen LogP contribution in [0.3, 0.4) is 0 Å². The lowest BCUT2D eigenvalue weighted by Crippen LogP contribution is -2.34. The molecule has 5 nitrogen and oxygen atoms in total. The molecule has 0 aromatic heterocycles. The Morgan fingerprint density at radius 2 is 1.54 bits per heavy atom. The van der Waals surface area contributed by atoms with Crippen LogP contribution in [0.2, 0.25) is 0 Å². The molecule has 154 valence electrons. The van der Waals surface area contributed by atoms with Gasteiger partial charge in [0.2, 0.25) is 5.91 Å². The number of carbonyl (C=O) groups is 2. The van der Waals surface area contributed by atoms with Gasteiger partial charge in [0.25, 0.3) is 5.91 Å². The predicted octanol–water partition coefficient (Wildman–Crippen LogP) is 4.84. The molecule has 0 unspecified atom stereocenters. The SMILES string of the molecule is CCCCCCCCCCCC(=O)NCC(=O)NN=CC=Cc1ccccc1. The Bertz CT molecular complexity index is 597. The van der Waals surface area contributed by atoms with Gasteiger partial charge in [-0.15, -0.1) is 0 Å². The van der Waals surface area contributed by atoms with Crippen molar-refractivity contribution in [1.82, 2.24) is 10.7 Å². The molecule has 28 heavy (non-hydrogen) atoms. The molecular weight excluding hydrogens is 350 g/mol. The maximum atomic E-state index is 11.7.